The lowest BCUT2D eigenvalue weighted by atomic mass is 9.78. The molecule has 1 aliphatic carbocycles. The summed E-state index contributed by atoms with van der Waals surface area (Å²) in [6.07, 6.45) is 5.45. The standard InChI is InChI=1S/C32H47N5O/c1-31(2,3)25-19-21(20-26(28(25)38)32(4,5)6)17-18-33-22-13-15-23(16-14-22)34-30-35-27-12-10-9-11-24(27)29(36-30)37(7)8/h9-12,19-20,22-23,33,38H,13-18H2,1-8H3,(H,34,35,36). The normalized spacial score (nSPS) is 18.5. The van der Waals surface area contributed by atoms with Crippen LogP contribution in [0.1, 0.15) is 83.9 Å². The molecule has 1 fully saturated rings. The van der Waals surface area contributed by atoms with E-state index in [4.69, 9.17) is 9.97 Å². The van der Waals surface area contributed by atoms with Gasteiger partial charge >= 0.3 is 0 Å². The van der Waals surface area contributed by atoms with Crippen molar-refractivity contribution in [3.8, 4) is 5.75 Å². The van der Waals surface area contributed by atoms with Gasteiger partial charge in [0.1, 0.15) is 11.6 Å². The molecule has 0 aliphatic heterocycles. The fraction of sp³-hybridized carbons (Fsp3) is 0.562. The maximum atomic E-state index is 11.0. The molecule has 6 nitrogen and oxygen atoms in total. The number of nitrogens with one attached hydrogen (secondary N) is 2. The van der Waals surface area contributed by atoms with E-state index in [1.54, 1.807) is 0 Å². The summed E-state index contributed by atoms with van der Waals surface area (Å²) < 4.78 is 0. The Kier molecular flexibility index (Phi) is 8.22. The maximum absolute atomic E-state index is 11.0. The van der Waals surface area contributed by atoms with Gasteiger partial charge in [0.2, 0.25) is 5.95 Å². The molecule has 1 aromatic heterocycles. The van der Waals surface area contributed by atoms with E-state index < -0.39 is 0 Å². The second-order valence-electron chi connectivity index (χ2n) is 13.2. The Morgan fingerprint density at radius 3 is 2.03 bits per heavy atom. The first-order valence-electron chi connectivity index (χ1n) is 14.1. The fourth-order valence-electron chi connectivity index (χ4n) is 5.49. The van der Waals surface area contributed by atoms with E-state index in [1.165, 1.54) is 5.56 Å². The molecule has 1 heterocycles. The van der Waals surface area contributed by atoms with E-state index in [-0.39, 0.29) is 10.8 Å². The summed E-state index contributed by atoms with van der Waals surface area (Å²) >= 11 is 0. The smallest absolute Gasteiger partial charge is 0.225 e. The summed E-state index contributed by atoms with van der Waals surface area (Å²) in [7, 11) is 4.06. The largest absolute Gasteiger partial charge is 0.507 e. The summed E-state index contributed by atoms with van der Waals surface area (Å²) in [6, 6.07) is 13.5. The molecule has 3 aromatic rings. The quantitative estimate of drug-likeness (QED) is 0.330. The SMILES string of the molecule is CN(C)c1nc(NC2CCC(NCCc3cc(C(C)(C)C)c(O)c(C(C)(C)C)c3)CC2)nc2ccccc12. The van der Waals surface area contributed by atoms with Crippen molar-refractivity contribution in [2.45, 2.75) is 96.6 Å². The van der Waals surface area contributed by atoms with Crippen molar-refractivity contribution < 1.29 is 5.11 Å². The van der Waals surface area contributed by atoms with Gasteiger partial charge in [0.15, 0.2) is 0 Å². The number of benzene rings is 2. The van der Waals surface area contributed by atoms with Gasteiger partial charge in [-0.25, -0.2) is 4.98 Å². The van der Waals surface area contributed by atoms with Gasteiger partial charge in [-0.15, -0.1) is 0 Å². The van der Waals surface area contributed by atoms with Gasteiger partial charge in [-0.2, -0.15) is 4.98 Å². The van der Waals surface area contributed by atoms with Crippen LogP contribution in [0.15, 0.2) is 36.4 Å². The lowest BCUT2D eigenvalue weighted by Gasteiger charge is -2.30. The van der Waals surface area contributed by atoms with Crippen LogP contribution in [-0.2, 0) is 17.3 Å². The van der Waals surface area contributed by atoms with E-state index in [9.17, 15) is 5.11 Å². The zero-order chi connectivity index (χ0) is 27.7. The number of phenols is 1. The summed E-state index contributed by atoms with van der Waals surface area (Å²) in [5.74, 6) is 2.13. The van der Waals surface area contributed by atoms with Gasteiger partial charge in [0.25, 0.3) is 0 Å². The minimum Gasteiger partial charge on any atom is -0.507 e. The predicted octanol–water partition coefficient (Wildman–Crippen LogP) is 6.55. The highest BCUT2D eigenvalue weighted by Crippen LogP contribution is 2.40. The Labute approximate surface area is 229 Å². The summed E-state index contributed by atoms with van der Waals surface area (Å²) in [4.78, 5) is 11.7. The fourth-order valence-corrected chi connectivity index (χ4v) is 5.49. The van der Waals surface area contributed by atoms with Crippen molar-refractivity contribution in [2.24, 2.45) is 0 Å². The monoisotopic (exact) mass is 517 g/mol. The minimum absolute atomic E-state index is 0.0963. The van der Waals surface area contributed by atoms with Crippen LogP contribution in [0.2, 0.25) is 0 Å². The van der Waals surface area contributed by atoms with Crippen LogP contribution in [0.5, 0.6) is 5.75 Å². The molecule has 4 rings (SSSR count). The van der Waals surface area contributed by atoms with Gasteiger partial charge in [0.05, 0.1) is 5.52 Å². The number of hydrogen-bond donors (Lipinski definition) is 3. The molecule has 0 atom stereocenters. The molecular formula is C32H47N5O. The highest BCUT2D eigenvalue weighted by molar-refractivity contribution is 5.90. The Morgan fingerprint density at radius 2 is 1.45 bits per heavy atom. The van der Waals surface area contributed by atoms with E-state index in [0.717, 1.165) is 72.4 Å². The Bertz CT molecular complexity index is 1210. The molecule has 38 heavy (non-hydrogen) atoms. The van der Waals surface area contributed by atoms with Crippen molar-refractivity contribution in [3.63, 3.8) is 0 Å². The first-order chi connectivity index (χ1) is 17.8. The molecule has 0 unspecified atom stereocenters. The highest BCUT2D eigenvalue weighted by Gasteiger charge is 2.27. The van der Waals surface area contributed by atoms with Crippen LogP contribution >= 0.6 is 0 Å². The minimum atomic E-state index is -0.0963. The molecule has 3 N–H and O–H groups in total. The zero-order valence-corrected chi connectivity index (χ0v) is 24.7. The van der Waals surface area contributed by atoms with Gasteiger partial charge < -0.3 is 20.6 Å². The number of hydrogen-bond acceptors (Lipinski definition) is 6. The molecule has 0 bridgehead atoms. The number of nitrogens with zero attached hydrogens (tertiary/aromatic N) is 3. The van der Waals surface area contributed by atoms with E-state index in [2.05, 4.69) is 81.3 Å². The van der Waals surface area contributed by atoms with Crippen molar-refractivity contribution in [2.75, 3.05) is 30.9 Å². The van der Waals surface area contributed by atoms with Crippen LogP contribution in [0.4, 0.5) is 11.8 Å². The van der Waals surface area contributed by atoms with Gasteiger partial charge in [0, 0.05) is 31.6 Å². The number of aromatic nitrogens is 2. The summed E-state index contributed by atoms with van der Waals surface area (Å²) in [5.41, 5.74) is 4.16. The van der Waals surface area contributed by atoms with Crippen molar-refractivity contribution in [1.82, 2.24) is 15.3 Å². The molecule has 1 aliphatic rings. The number of phenolic OH excluding ortho intramolecular Hbond substituents is 1. The molecular weight excluding hydrogens is 470 g/mol. The van der Waals surface area contributed by atoms with Gasteiger partial charge in [-0.1, -0.05) is 65.8 Å². The van der Waals surface area contributed by atoms with Crippen molar-refractivity contribution in [1.29, 1.82) is 0 Å². The molecule has 0 amide bonds. The van der Waals surface area contributed by atoms with Crippen molar-refractivity contribution >= 4 is 22.7 Å². The number of para-hydroxylation sites is 1. The average Bonchev–Trinajstić information content (AvgIpc) is 2.84. The number of rotatable bonds is 7. The molecule has 6 heteroatoms. The second kappa shape index (κ2) is 11.1. The third-order valence-corrected chi connectivity index (χ3v) is 7.70. The van der Waals surface area contributed by atoms with Crippen LogP contribution < -0.4 is 15.5 Å². The van der Waals surface area contributed by atoms with Crippen LogP contribution in [0, 0.1) is 0 Å². The molecule has 0 spiro atoms. The third-order valence-electron chi connectivity index (χ3n) is 7.70. The first-order valence-corrected chi connectivity index (χ1v) is 14.1. The van der Waals surface area contributed by atoms with E-state index >= 15 is 0 Å². The zero-order valence-electron chi connectivity index (χ0n) is 24.7. The lowest BCUT2D eigenvalue weighted by Crippen LogP contribution is -2.38. The van der Waals surface area contributed by atoms with Crippen molar-refractivity contribution in [3.05, 3.63) is 53.1 Å². The first kappa shape index (κ1) is 28.2. The molecule has 0 radical (unpaired) electrons. The van der Waals surface area contributed by atoms with Crippen LogP contribution in [0.3, 0.4) is 0 Å². The average molecular weight is 518 g/mol. The van der Waals surface area contributed by atoms with Gasteiger partial charge in [-0.3, -0.25) is 0 Å². The van der Waals surface area contributed by atoms with E-state index in [1.807, 2.05) is 26.2 Å². The Hall–Kier alpha value is -2.86. The maximum Gasteiger partial charge on any atom is 0.225 e. The Balaban J connectivity index is 1.34. The van der Waals surface area contributed by atoms with Crippen LogP contribution in [-0.4, -0.2) is 47.8 Å². The van der Waals surface area contributed by atoms with E-state index in [0.29, 0.717) is 17.8 Å². The number of aromatic hydroxyl groups is 1. The highest BCUT2D eigenvalue weighted by atomic mass is 16.3. The molecule has 1 saturated carbocycles. The lowest BCUT2D eigenvalue weighted by molar-refractivity contribution is 0.355. The number of fused-ring (bicyclic) bond motifs is 1. The van der Waals surface area contributed by atoms with Gasteiger partial charge in [-0.05, 0) is 78.3 Å². The summed E-state index contributed by atoms with van der Waals surface area (Å²) in [6.45, 7) is 14.0. The summed E-state index contributed by atoms with van der Waals surface area (Å²) in [5, 5.41) is 19.5. The topological polar surface area (TPSA) is 73.3 Å². The van der Waals surface area contributed by atoms with Crippen LogP contribution in [0.25, 0.3) is 10.9 Å². The molecule has 2 aromatic carbocycles. The third kappa shape index (κ3) is 6.58. The Morgan fingerprint density at radius 1 is 0.868 bits per heavy atom. The predicted molar refractivity (Wildman–Crippen MR) is 161 cm³/mol. The molecule has 0 saturated heterocycles. The molecule has 206 valence electrons. The number of anilines is 2. The second-order valence-corrected chi connectivity index (χ2v) is 13.2.